The van der Waals surface area contributed by atoms with Crippen molar-refractivity contribution in [2.75, 3.05) is 19.4 Å². The van der Waals surface area contributed by atoms with Crippen molar-refractivity contribution in [3.63, 3.8) is 0 Å². The maximum absolute atomic E-state index is 5.49. The summed E-state index contributed by atoms with van der Waals surface area (Å²) in [6, 6.07) is 0.614. The number of hydrogen-bond donors (Lipinski definition) is 1. The summed E-state index contributed by atoms with van der Waals surface area (Å²) < 4.78 is 5.49. The van der Waals surface area contributed by atoms with Crippen LogP contribution < -0.4 is 5.32 Å². The van der Waals surface area contributed by atoms with E-state index in [1.54, 1.807) is 0 Å². The molecule has 12 heavy (non-hydrogen) atoms. The van der Waals surface area contributed by atoms with Gasteiger partial charge in [0.05, 0.1) is 6.10 Å². The van der Waals surface area contributed by atoms with E-state index in [-0.39, 0.29) is 0 Å². The van der Waals surface area contributed by atoms with Crippen molar-refractivity contribution in [3.05, 3.63) is 0 Å². The second kappa shape index (κ2) is 5.10. The fourth-order valence-corrected chi connectivity index (χ4v) is 2.60. The first-order chi connectivity index (χ1) is 5.74. The van der Waals surface area contributed by atoms with Crippen molar-refractivity contribution in [1.29, 1.82) is 0 Å². The van der Waals surface area contributed by atoms with Crippen LogP contribution >= 0.6 is 11.8 Å². The van der Waals surface area contributed by atoms with Crippen LogP contribution in [0.25, 0.3) is 0 Å². The molecule has 1 aliphatic heterocycles. The van der Waals surface area contributed by atoms with E-state index >= 15 is 0 Å². The van der Waals surface area contributed by atoms with E-state index in [0.29, 0.717) is 12.1 Å². The summed E-state index contributed by atoms with van der Waals surface area (Å²) in [5.41, 5.74) is 0. The molecule has 72 valence electrons. The van der Waals surface area contributed by atoms with E-state index in [0.717, 1.165) is 11.9 Å². The first kappa shape index (κ1) is 10.4. The van der Waals surface area contributed by atoms with E-state index in [2.05, 4.69) is 19.2 Å². The summed E-state index contributed by atoms with van der Waals surface area (Å²) in [6.07, 6.45) is 1.68. The lowest BCUT2D eigenvalue weighted by Crippen LogP contribution is -2.26. The number of thioether (sulfide) groups is 1. The number of hydrogen-bond acceptors (Lipinski definition) is 3. The zero-order valence-electron chi connectivity index (χ0n) is 8.17. The maximum atomic E-state index is 5.49. The minimum atomic E-state index is 0.457. The number of ether oxygens (including phenoxy) is 1. The molecule has 0 bridgehead atoms. The van der Waals surface area contributed by atoms with Crippen molar-refractivity contribution in [2.45, 2.75) is 37.7 Å². The molecule has 1 saturated heterocycles. The highest BCUT2D eigenvalue weighted by molar-refractivity contribution is 8.00. The van der Waals surface area contributed by atoms with Crippen LogP contribution in [0.2, 0.25) is 0 Å². The van der Waals surface area contributed by atoms with E-state index in [4.69, 9.17) is 4.74 Å². The molecule has 3 heteroatoms. The molecule has 0 aliphatic carbocycles. The SMILES string of the molecule is CNC(C)CSC1CCOC1C. The van der Waals surface area contributed by atoms with E-state index < -0.39 is 0 Å². The predicted molar refractivity (Wildman–Crippen MR) is 54.8 cm³/mol. The molecule has 0 aromatic carbocycles. The molecule has 2 nitrogen and oxygen atoms in total. The van der Waals surface area contributed by atoms with Crippen molar-refractivity contribution >= 4 is 11.8 Å². The van der Waals surface area contributed by atoms with Gasteiger partial charge >= 0.3 is 0 Å². The molecule has 0 aromatic heterocycles. The summed E-state index contributed by atoms with van der Waals surface area (Å²) in [6.45, 7) is 5.34. The Balaban J connectivity index is 2.13. The van der Waals surface area contributed by atoms with Crippen LogP contribution in [0.4, 0.5) is 0 Å². The second-order valence-electron chi connectivity index (χ2n) is 3.43. The average Bonchev–Trinajstić information content (AvgIpc) is 2.47. The Bertz CT molecular complexity index is 132. The highest BCUT2D eigenvalue weighted by Gasteiger charge is 2.24. The molecule has 0 amide bonds. The molecule has 3 unspecified atom stereocenters. The smallest absolute Gasteiger partial charge is 0.0666 e. The standard InChI is InChI=1S/C9H19NOS/c1-7(10-3)6-12-9-4-5-11-8(9)2/h7-10H,4-6H2,1-3H3. The van der Waals surface area contributed by atoms with Crippen molar-refractivity contribution in [2.24, 2.45) is 0 Å². The van der Waals surface area contributed by atoms with Crippen LogP contribution in [0.5, 0.6) is 0 Å². The van der Waals surface area contributed by atoms with Crippen LogP contribution in [0.1, 0.15) is 20.3 Å². The van der Waals surface area contributed by atoms with Crippen LogP contribution in [0.15, 0.2) is 0 Å². The van der Waals surface area contributed by atoms with Gasteiger partial charge in [0, 0.05) is 23.7 Å². The lowest BCUT2D eigenvalue weighted by molar-refractivity contribution is 0.127. The Morgan fingerprint density at radius 3 is 2.92 bits per heavy atom. The Labute approximate surface area is 79.4 Å². The Kier molecular flexibility index (Phi) is 4.40. The molecule has 1 aliphatic rings. The van der Waals surface area contributed by atoms with Gasteiger partial charge < -0.3 is 10.1 Å². The Morgan fingerprint density at radius 1 is 1.67 bits per heavy atom. The molecule has 3 atom stereocenters. The van der Waals surface area contributed by atoms with Gasteiger partial charge in [0.25, 0.3) is 0 Å². The monoisotopic (exact) mass is 189 g/mol. The minimum absolute atomic E-state index is 0.457. The molecule has 0 radical (unpaired) electrons. The molecule has 1 fully saturated rings. The zero-order chi connectivity index (χ0) is 8.97. The quantitative estimate of drug-likeness (QED) is 0.724. The van der Waals surface area contributed by atoms with E-state index in [9.17, 15) is 0 Å². The summed E-state index contributed by atoms with van der Waals surface area (Å²) in [5, 5.41) is 3.97. The third-order valence-electron chi connectivity index (χ3n) is 2.36. The summed E-state index contributed by atoms with van der Waals surface area (Å²) in [5.74, 6) is 1.19. The second-order valence-corrected chi connectivity index (χ2v) is 4.70. The van der Waals surface area contributed by atoms with Gasteiger partial charge in [-0.2, -0.15) is 11.8 Å². The van der Waals surface area contributed by atoms with Crippen molar-refractivity contribution < 1.29 is 4.74 Å². The van der Waals surface area contributed by atoms with Gasteiger partial charge in [-0.3, -0.25) is 0 Å². The third kappa shape index (κ3) is 2.96. The summed E-state index contributed by atoms with van der Waals surface area (Å²) in [4.78, 5) is 0. The predicted octanol–water partition coefficient (Wildman–Crippen LogP) is 1.50. The van der Waals surface area contributed by atoms with Crippen LogP contribution in [-0.2, 0) is 4.74 Å². The number of nitrogens with one attached hydrogen (secondary N) is 1. The molecule has 1 rings (SSSR count). The molecule has 1 heterocycles. The Hall–Kier alpha value is 0.270. The first-order valence-electron chi connectivity index (χ1n) is 4.64. The van der Waals surface area contributed by atoms with Gasteiger partial charge in [0.1, 0.15) is 0 Å². The van der Waals surface area contributed by atoms with Gasteiger partial charge in [-0.15, -0.1) is 0 Å². The first-order valence-corrected chi connectivity index (χ1v) is 5.69. The Morgan fingerprint density at radius 2 is 2.42 bits per heavy atom. The minimum Gasteiger partial charge on any atom is -0.377 e. The molecular weight excluding hydrogens is 170 g/mol. The van der Waals surface area contributed by atoms with Crippen LogP contribution in [-0.4, -0.2) is 36.8 Å². The lowest BCUT2D eigenvalue weighted by atomic mass is 10.3. The summed E-state index contributed by atoms with van der Waals surface area (Å²) in [7, 11) is 2.01. The molecule has 0 saturated carbocycles. The van der Waals surface area contributed by atoms with Gasteiger partial charge in [-0.05, 0) is 27.3 Å². The highest BCUT2D eigenvalue weighted by atomic mass is 32.2. The van der Waals surface area contributed by atoms with E-state index in [1.807, 2.05) is 18.8 Å². The number of rotatable bonds is 4. The fraction of sp³-hybridized carbons (Fsp3) is 1.00. The topological polar surface area (TPSA) is 21.3 Å². The van der Waals surface area contributed by atoms with Gasteiger partial charge in [-0.1, -0.05) is 0 Å². The van der Waals surface area contributed by atoms with Crippen molar-refractivity contribution in [3.8, 4) is 0 Å². The average molecular weight is 189 g/mol. The van der Waals surface area contributed by atoms with Crippen LogP contribution in [0.3, 0.4) is 0 Å². The van der Waals surface area contributed by atoms with Crippen LogP contribution in [0, 0.1) is 0 Å². The lowest BCUT2D eigenvalue weighted by Gasteiger charge is -2.16. The normalized spacial score (nSPS) is 32.2. The molecule has 0 spiro atoms. The highest BCUT2D eigenvalue weighted by Crippen LogP contribution is 2.26. The molecular formula is C9H19NOS. The van der Waals surface area contributed by atoms with Gasteiger partial charge in [0.15, 0.2) is 0 Å². The maximum Gasteiger partial charge on any atom is 0.0666 e. The molecule has 1 N–H and O–H groups in total. The largest absolute Gasteiger partial charge is 0.377 e. The summed E-state index contributed by atoms with van der Waals surface area (Å²) >= 11 is 2.04. The van der Waals surface area contributed by atoms with Gasteiger partial charge in [-0.25, -0.2) is 0 Å². The van der Waals surface area contributed by atoms with Gasteiger partial charge in [0.2, 0.25) is 0 Å². The van der Waals surface area contributed by atoms with E-state index in [1.165, 1.54) is 12.2 Å². The van der Waals surface area contributed by atoms with Crippen molar-refractivity contribution in [1.82, 2.24) is 5.32 Å². The molecule has 0 aromatic rings. The third-order valence-corrected chi connectivity index (χ3v) is 4.10. The fourth-order valence-electron chi connectivity index (χ4n) is 1.28. The zero-order valence-corrected chi connectivity index (χ0v) is 8.99.